The van der Waals surface area contributed by atoms with Gasteiger partial charge in [0, 0.05) is 11.3 Å². The van der Waals surface area contributed by atoms with Gasteiger partial charge in [0.2, 0.25) is 0 Å². The van der Waals surface area contributed by atoms with Crippen LogP contribution in [0.2, 0.25) is 0 Å². The molecule has 1 unspecified atom stereocenters. The lowest BCUT2D eigenvalue weighted by Crippen LogP contribution is -2.45. The maximum absolute atomic E-state index is 11.8. The minimum absolute atomic E-state index is 0.0696. The van der Waals surface area contributed by atoms with Crippen molar-refractivity contribution in [1.82, 2.24) is 5.32 Å². The highest BCUT2D eigenvalue weighted by Crippen LogP contribution is 2.52. The summed E-state index contributed by atoms with van der Waals surface area (Å²) in [5, 5.41) is 2.72. The van der Waals surface area contributed by atoms with Crippen LogP contribution in [0.15, 0.2) is 0 Å². The first-order chi connectivity index (χ1) is 8.37. The fourth-order valence-electron chi connectivity index (χ4n) is 2.03. The molecule has 0 aliphatic carbocycles. The number of rotatable bonds is 6. The standard InChI is InChI=1S/C12H27N2O3PS/c1-7-8-19-18(13,16)17-10(15)14-12(5,6)9-11(2,3)4/h7-9H2,1-6H3,(H2,13,16)(H,14,15). The Hall–Kier alpha value is -0.190. The largest absolute Gasteiger partial charge is 0.413 e. The lowest BCUT2D eigenvalue weighted by molar-refractivity contribution is 0.178. The molecule has 3 N–H and O–H groups in total. The number of carbonyl (C=O) groups is 1. The van der Waals surface area contributed by atoms with Crippen LogP contribution in [-0.4, -0.2) is 17.4 Å². The third kappa shape index (κ3) is 10.3. The van der Waals surface area contributed by atoms with E-state index in [1.165, 1.54) is 0 Å². The highest BCUT2D eigenvalue weighted by molar-refractivity contribution is 8.56. The summed E-state index contributed by atoms with van der Waals surface area (Å²) in [5.74, 6) is 0.604. The van der Waals surface area contributed by atoms with Crippen LogP contribution in [0.1, 0.15) is 54.4 Å². The molecule has 7 heteroatoms. The lowest BCUT2D eigenvalue weighted by atomic mass is 9.82. The SMILES string of the molecule is CCCSP(N)(=O)OC(=O)NC(C)(C)CC(C)(C)C. The second kappa shape index (κ2) is 7.00. The predicted octanol–water partition coefficient (Wildman–Crippen LogP) is 4.14. The Bertz CT molecular complexity index is 353. The average Bonchev–Trinajstić information content (AvgIpc) is 2.07. The molecule has 1 atom stereocenters. The molecule has 0 rings (SSSR count). The Kier molecular flexibility index (Phi) is 6.93. The van der Waals surface area contributed by atoms with Crippen molar-refractivity contribution < 1.29 is 13.9 Å². The highest BCUT2D eigenvalue weighted by atomic mass is 32.7. The van der Waals surface area contributed by atoms with E-state index in [0.29, 0.717) is 5.75 Å². The molecule has 0 aromatic rings. The van der Waals surface area contributed by atoms with E-state index in [2.05, 4.69) is 26.1 Å². The van der Waals surface area contributed by atoms with Gasteiger partial charge in [-0.1, -0.05) is 27.7 Å². The van der Waals surface area contributed by atoms with Crippen molar-refractivity contribution in [2.24, 2.45) is 10.9 Å². The molecule has 0 aromatic heterocycles. The summed E-state index contributed by atoms with van der Waals surface area (Å²) in [4.78, 5) is 11.7. The third-order valence-corrected chi connectivity index (χ3v) is 5.32. The van der Waals surface area contributed by atoms with Gasteiger partial charge in [0.1, 0.15) is 0 Å². The fourth-order valence-corrected chi connectivity index (χ4v) is 4.47. The molecule has 0 aliphatic heterocycles. The Morgan fingerprint density at radius 3 is 2.26 bits per heavy atom. The summed E-state index contributed by atoms with van der Waals surface area (Å²) in [5.41, 5.74) is 5.12. The molecule has 0 heterocycles. The first-order valence-corrected chi connectivity index (χ1v) is 9.70. The molecule has 0 bridgehead atoms. The number of nitrogens with two attached hydrogens (primary N) is 1. The molecular formula is C12H27N2O3PS. The van der Waals surface area contributed by atoms with Gasteiger partial charge in [-0.05, 0) is 43.5 Å². The van der Waals surface area contributed by atoms with Gasteiger partial charge in [0.05, 0.1) is 0 Å². The summed E-state index contributed by atoms with van der Waals surface area (Å²) < 4.78 is 16.6. The monoisotopic (exact) mass is 310 g/mol. The van der Waals surface area contributed by atoms with Gasteiger partial charge in [-0.15, -0.1) is 0 Å². The predicted molar refractivity (Wildman–Crippen MR) is 82.3 cm³/mol. The second-order valence-corrected chi connectivity index (χ2v) is 10.7. The van der Waals surface area contributed by atoms with Crippen molar-refractivity contribution in [3.8, 4) is 0 Å². The Labute approximate surface area is 120 Å². The number of hydrogen-bond donors (Lipinski definition) is 2. The number of amides is 1. The summed E-state index contributed by atoms with van der Waals surface area (Å²) in [6, 6.07) is 0. The van der Waals surface area contributed by atoms with Crippen LogP contribution >= 0.6 is 18.1 Å². The van der Waals surface area contributed by atoms with E-state index in [9.17, 15) is 9.36 Å². The maximum Gasteiger partial charge on any atom is 0.413 e. The summed E-state index contributed by atoms with van der Waals surface area (Å²) in [6.45, 7) is 8.62. The summed E-state index contributed by atoms with van der Waals surface area (Å²) in [7, 11) is 0. The van der Waals surface area contributed by atoms with Gasteiger partial charge in [-0.3, -0.25) is 0 Å². The van der Waals surface area contributed by atoms with Crippen LogP contribution in [0.3, 0.4) is 0 Å². The number of carbonyl (C=O) groups excluding carboxylic acids is 1. The molecule has 0 aliphatic rings. The number of nitrogens with one attached hydrogen (secondary N) is 1. The molecule has 0 spiro atoms. The van der Waals surface area contributed by atoms with Gasteiger partial charge in [0.15, 0.2) is 0 Å². The van der Waals surface area contributed by atoms with E-state index in [0.717, 1.165) is 24.2 Å². The van der Waals surface area contributed by atoms with E-state index in [1.54, 1.807) is 0 Å². The number of hydrogen-bond acceptors (Lipinski definition) is 4. The van der Waals surface area contributed by atoms with Crippen molar-refractivity contribution in [3.63, 3.8) is 0 Å². The molecule has 114 valence electrons. The van der Waals surface area contributed by atoms with E-state index in [4.69, 9.17) is 10.0 Å². The quantitative estimate of drug-likeness (QED) is 0.721. The zero-order chi connectivity index (χ0) is 15.3. The van der Waals surface area contributed by atoms with Gasteiger partial charge in [-0.2, -0.15) is 0 Å². The van der Waals surface area contributed by atoms with Crippen molar-refractivity contribution in [3.05, 3.63) is 0 Å². The molecule has 0 saturated heterocycles. The molecule has 0 saturated carbocycles. The molecule has 19 heavy (non-hydrogen) atoms. The Morgan fingerprint density at radius 1 is 1.32 bits per heavy atom. The van der Waals surface area contributed by atoms with Gasteiger partial charge in [0.25, 0.3) is 0 Å². The van der Waals surface area contributed by atoms with Crippen LogP contribution in [0.4, 0.5) is 4.79 Å². The molecule has 0 aromatic carbocycles. The van der Waals surface area contributed by atoms with Crippen molar-refractivity contribution in [1.29, 1.82) is 0 Å². The van der Waals surface area contributed by atoms with E-state index < -0.39 is 18.4 Å². The zero-order valence-electron chi connectivity index (χ0n) is 12.8. The van der Waals surface area contributed by atoms with Gasteiger partial charge < -0.3 is 9.84 Å². The second-order valence-electron chi connectivity index (χ2n) is 6.50. The van der Waals surface area contributed by atoms with Crippen LogP contribution in [0.25, 0.3) is 0 Å². The van der Waals surface area contributed by atoms with Crippen LogP contribution in [-0.2, 0) is 9.09 Å². The van der Waals surface area contributed by atoms with E-state index in [1.807, 2.05) is 20.8 Å². The molecular weight excluding hydrogens is 283 g/mol. The van der Waals surface area contributed by atoms with Crippen molar-refractivity contribution in [2.75, 3.05) is 5.75 Å². The Morgan fingerprint density at radius 2 is 1.84 bits per heavy atom. The molecule has 1 amide bonds. The lowest BCUT2D eigenvalue weighted by Gasteiger charge is -2.33. The van der Waals surface area contributed by atoms with E-state index >= 15 is 0 Å². The topological polar surface area (TPSA) is 81.4 Å². The van der Waals surface area contributed by atoms with Gasteiger partial charge >= 0.3 is 12.8 Å². The first-order valence-electron chi connectivity index (χ1n) is 6.42. The normalized spacial score (nSPS) is 15.7. The smallest absolute Gasteiger partial charge is 0.376 e. The van der Waals surface area contributed by atoms with Crippen molar-refractivity contribution in [2.45, 2.75) is 59.9 Å². The zero-order valence-corrected chi connectivity index (χ0v) is 14.5. The average molecular weight is 310 g/mol. The maximum atomic E-state index is 11.8. The summed E-state index contributed by atoms with van der Waals surface area (Å²) >= 11 is 0.996. The fraction of sp³-hybridized carbons (Fsp3) is 0.917. The van der Waals surface area contributed by atoms with E-state index in [-0.39, 0.29) is 5.41 Å². The first kappa shape index (κ1) is 18.8. The molecule has 0 radical (unpaired) electrons. The van der Waals surface area contributed by atoms with Crippen LogP contribution in [0.5, 0.6) is 0 Å². The minimum atomic E-state index is -3.40. The van der Waals surface area contributed by atoms with Crippen molar-refractivity contribution >= 4 is 24.2 Å². The molecule has 0 fully saturated rings. The Balaban J connectivity index is 4.42. The minimum Gasteiger partial charge on any atom is -0.376 e. The van der Waals surface area contributed by atoms with Gasteiger partial charge in [-0.25, -0.2) is 14.9 Å². The van der Waals surface area contributed by atoms with Crippen LogP contribution in [0, 0.1) is 5.41 Å². The summed E-state index contributed by atoms with van der Waals surface area (Å²) in [6.07, 6.45) is 0.877. The third-order valence-electron chi connectivity index (χ3n) is 2.10. The highest BCUT2D eigenvalue weighted by Gasteiger charge is 2.30. The van der Waals surface area contributed by atoms with Crippen LogP contribution < -0.4 is 10.8 Å². The molecule has 5 nitrogen and oxygen atoms in total.